The fourth-order valence-corrected chi connectivity index (χ4v) is 2.61. The van der Waals surface area contributed by atoms with Crippen molar-refractivity contribution in [2.75, 3.05) is 19.4 Å². The van der Waals surface area contributed by atoms with Crippen LogP contribution in [0, 0.1) is 0 Å². The molecule has 1 N–H and O–H groups in total. The van der Waals surface area contributed by atoms with E-state index in [1.165, 1.54) is 0 Å². The maximum atomic E-state index is 11.4. The fourth-order valence-electron chi connectivity index (χ4n) is 1.52. The van der Waals surface area contributed by atoms with Crippen molar-refractivity contribution in [3.8, 4) is 5.75 Å². The molecule has 0 saturated heterocycles. The number of methoxy groups -OCH3 is 1. The quantitative estimate of drug-likeness (QED) is 0.806. The molecule has 1 rings (SSSR count). The SMILES string of the molecule is CCCS(=O)(=O)NCCc1cccc(OC)c1. The van der Waals surface area contributed by atoms with Crippen molar-refractivity contribution >= 4 is 10.0 Å². The van der Waals surface area contributed by atoms with Gasteiger partial charge in [-0.1, -0.05) is 19.1 Å². The Balaban J connectivity index is 2.45. The normalized spacial score (nSPS) is 11.4. The van der Waals surface area contributed by atoms with Crippen LogP contribution in [0.15, 0.2) is 24.3 Å². The van der Waals surface area contributed by atoms with Crippen molar-refractivity contribution in [3.63, 3.8) is 0 Å². The highest BCUT2D eigenvalue weighted by Gasteiger charge is 2.07. The maximum absolute atomic E-state index is 11.4. The van der Waals surface area contributed by atoms with Crippen LogP contribution in [0.4, 0.5) is 0 Å². The molecule has 0 unspecified atom stereocenters. The summed E-state index contributed by atoms with van der Waals surface area (Å²) in [5.74, 6) is 0.976. The van der Waals surface area contributed by atoms with Crippen LogP contribution in [0.3, 0.4) is 0 Å². The Morgan fingerprint density at radius 1 is 1.35 bits per heavy atom. The van der Waals surface area contributed by atoms with E-state index in [0.717, 1.165) is 11.3 Å². The third-order valence-electron chi connectivity index (χ3n) is 2.34. The molecule has 0 radical (unpaired) electrons. The molecule has 5 heteroatoms. The summed E-state index contributed by atoms with van der Waals surface area (Å²) in [6, 6.07) is 7.63. The van der Waals surface area contributed by atoms with Crippen molar-refractivity contribution in [2.45, 2.75) is 19.8 Å². The molecule has 1 aromatic carbocycles. The van der Waals surface area contributed by atoms with E-state index < -0.39 is 10.0 Å². The average Bonchev–Trinajstić information content (AvgIpc) is 2.29. The largest absolute Gasteiger partial charge is 0.497 e. The van der Waals surface area contributed by atoms with Crippen LogP contribution in [0.5, 0.6) is 5.75 Å². The van der Waals surface area contributed by atoms with Crippen LogP contribution in [-0.4, -0.2) is 27.8 Å². The summed E-state index contributed by atoms with van der Waals surface area (Å²) in [6.07, 6.45) is 1.30. The number of sulfonamides is 1. The van der Waals surface area contributed by atoms with E-state index in [-0.39, 0.29) is 5.75 Å². The zero-order valence-electron chi connectivity index (χ0n) is 10.3. The zero-order chi connectivity index (χ0) is 12.7. The van der Waals surface area contributed by atoms with E-state index in [1.54, 1.807) is 7.11 Å². The number of benzene rings is 1. The van der Waals surface area contributed by atoms with Crippen LogP contribution in [-0.2, 0) is 16.4 Å². The van der Waals surface area contributed by atoms with E-state index >= 15 is 0 Å². The first-order valence-electron chi connectivity index (χ1n) is 5.67. The average molecular weight is 257 g/mol. The van der Waals surface area contributed by atoms with E-state index in [4.69, 9.17) is 4.74 Å². The summed E-state index contributed by atoms with van der Waals surface area (Å²) < 4.78 is 30.5. The van der Waals surface area contributed by atoms with Crippen molar-refractivity contribution in [3.05, 3.63) is 29.8 Å². The monoisotopic (exact) mass is 257 g/mol. The van der Waals surface area contributed by atoms with Gasteiger partial charge in [0.05, 0.1) is 12.9 Å². The van der Waals surface area contributed by atoms with Gasteiger partial charge in [0, 0.05) is 6.54 Å². The minimum Gasteiger partial charge on any atom is -0.497 e. The number of rotatable bonds is 7. The first-order chi connectivity index (χ1) is 8.07. The summed E-state index contributed by atoms with van der Waals surface area (Å²) >= 11 is 0. The Bertz CT molecular complexity index is 443. The summed E-state index contributed by atoms with van der Waals surface area (Å²) in [4.78, 5) is 0. The predicted molar refractivity (Wildman–Crippen MR) is 68.8 cm³/mol. The van der Waals surface area contributed by atoms with Crippen molar-refractivity contribution in [1.82, 2.24) is 4.72 Å². The molecule has 0 spiro atoms. The lowest BCUT2D eigenvalue weighted by Crippen LogP contribution is -2.28. The molecule has 4 nitrogen and oxygen atoms in total. The molecule has 1 aromatic rings. The molecule has 0 aliphatic carbocycles. The van der Waals surface area contributed by atoms with Crippen LogP contribution in [0.25, 0.3) is 0 Å². The topological polar surface area (TPSA) is 55.4 Å². The van der Waals surface area contributed by atoms with Crippen LogP contribution in [0.2, 0.25) is 0 Å². The second-order valence-corrected chi connectivity index (χ2v) is 5.74. The minimum absolute atomic E-state index is 0.186. The number of hydrogen-bond acceptors (Lipinski definition) is 3. The summed E-state index contributed by atoms with van der Waals surface area (Å²) in [5, 5.41) is 0. The van der Waals surface area contributed by atoms with Crippen LogP contribution in [0.1, 0.15) is 18.9 Å². The molecular formula is C12H19NO3S. The minimum atomic E-state index is -3.10. The number of hydrogen-bond donors (Lipinski definition) is 1. The highest BCUT2D eigenvalue weighted by Crippen LogP contribution is 2.12. The molecule has 0 fully saturated rings. The van der Waals surface area contributed by atoms with E-state index in [1.807, 2.05) is 31.2 Å². The maximum Gasteiger partial charge on any atom is 0.211 e. The second-order valence-electron chi connectivity index (χ2n) is 3.81. The zero-order valence-corrected chi connectivity index (χ0v) is 11.1. The molecule has 0 amide bonds. The van der Waals surface area contributed by atoms with E-state index in [0.29, 0.717) is 19.4 Å². The Labute approximate surface area is 103 Å². The summed E-state index contributed by atoms with van der Waals surface area (Å²) in [7, 11) is -1.48. The molecule has 0 aliphatic heterocycles. The molecule has 0 aliphatic rings. The van der Waals surface area contributed by atoms with Gasteiger partial charge in [-0.05, 0) is 30.5 Å². The first-order valence-corrected chi connectivity index (χ1v) is 7.33. The van der Waals surface area contributed by atoms with Crippen LogP contribution >= 0.6 is 0 Å². The van der Waals surface area contributed by atoms with Gasteiger partial charge in [-0.25, -0.2) is 13.1 Å². The van der Waals surface area contributed by atoms with Gasteiger partial charge in [0.15, 0.2) is 0 Å². The van der Waals surface area contributed by atoms with Gasteiger partial charge >= 0.3 is 0 Å². The Hall–Kier alpha value is -1.07. The summed E-state index contributed by atoms with van der Waals surface area (Å²) in [5.41, 5.74) is 1.06. The third-order valence-corrected chi connectivity index (χ3v) is 3.93. The van der Waals surface area contributed by atoms with E-state index in [2.05, 4.69) is 4.72 Å². The van der Waals surface area contributed by atoms with Gasteiger partial charge in [0.25, 0.3) is 0 Å². The van der Waals surface area contributed by atoms with Gasteiger partial charge in [-0.15, -0.1) is 0 Å². The number of nitrogens with one attached hydrogen (secondary N) is 1. The van der Waals surface area contributed by atoms with Gasteiger partial charge in [-0.3, -0.25) is 0 Å². The standard InChI is InChI=1S/C12H19NO3S/c1-3-9-17(14,15)13-8-7-11-5-4-6-12(10-11)16-2/h4-6,10,13H,3,7-9H2,1-2H3. The molecule has 0 atom stereocenters. The fraction of sp³-hybridized carbons (Fsp3) is 0.500. The van der Waals surface area contributed by atoms with Crippen molar-refractivity contribution in [2.24, 2.45) is 0 Å². The Morgan fingerprint density at radius 3 is 2.76 bits per heavy atom. The molecule has 0 heterocycles. The van der Waals surface area contributed by atoms with Gasteiger partial charge < -0.3 is 4.74 Å². The molecule has 17 heavy (non-hydrogen) atoms. The van der Waals surface area contributed by atoms with Gasteiger partial charge in [0.1, 0.15) is 5.75 Å². The molecule has 96 valence electrons. The number of ether oxygens (including phenoxy) is 1. The molecule has 0 bridgehead atoms. The van der Waals surface area contributed by atoms with Crippen molar-refractivity contribution < 1.29 is 13.2 Å². The first kappa shape index (κ1) is 14.0. The van der Waals surface area contributed by atoms with Gasteiger partial charge in [-0.2, -0.15) is 0 Å². The Kier molecular flexibility index (Phi) is 5.44. The lowest BCUT2D eigenvalue weighted by Gasteiger charge is -2.06. The summed E-state index contributed by atoms with van der Waals surface area (Å²) in [6.45, 7) is 2.27. The van der Waals surface area contributed by atoms with E-state index in [9.17, 15) is 8.42 Å². The third kappa shape index (κ3) is 5.19. The lowest BCUT2D eigenvalue weighted by molar-refractivity contribution is 0.414. The highest BCUT2D eigenvalue weighted by atomic mass is 32.2. The molecular weight excluding hydrogens is 238 g/mol. The van der Waals surface area contributed by atoms with Crippen molar-refractivity contribution in [1.29, 1.82) is 0 Å². The highest BCUT2D eigenvalue weighted by molar-refractivity contribution is 7.89. The molecule has 0 aromatic heterocycles. The molecule has 0 saturated carbocycles. The van der Waals surface area contributed by atoms with Gasteiger partial charge in [0.2, 0.25) is 10.0 Å². The smallest absolute Gasteiger partial charge is 0.211 e. The Morgan fingerprint density at radius 2 is 2.12 bits per heavy atom. The second kappa shape index (κ2) is 6.61. The lowest BCUT2D eigenvalue weighted by atomic mass is 10.1. The predicted octanol–water partition coefficient (Wildman–Crippen LogP) is 1.57. The van der Waals surface area contributed by atoms with Crippen LogP contribution < -0.4 is 9.46 Å².